The van der Waals surface area contributed by atoms with E-state index in [1.807, 2.05) is 32.0 Å². The molecule has 1 aliphatic heterocycles. The molecule has 0 saturated carbocycles. The molecule has 2 amide bonds. The first-order valence-electron chi connectivity index (χ1n) is 8.61. The van der Waals surface area contributed by atoms with Gasteiger partial charge in [-0.1, -0.05) is 26.8 Å². The number of rotatable bonds is 8. The molecule has 136 valence electrons. The summed E-state index contributed by atoms with van der Waals surface area (Å²) in [4.78, 5) is 26.0. The molecular formula is C19H25NO4S. The Kier molecular flexibility index (Phi) is 6.93. The summed E-state index contributed by atoms with van der Waals surface area (Å²) in [6.07, 6.45) is 2.48. The van der Waals surface area contributed by atoms with Crippen LogP contribution in [0.3, 0.4) is 0 Å². The van der Waals surface area contributed by atoms with Gasteiger partial charge in [-0.25, -0.2) is 0 Å². The van der Waals surface area contributed by atoms with E-state index in [4.69, 9.17) is 9.47 Å². The highest BCUT2D eigenvalue weighted by molar-refractivity contribution is 8.18. The van der Waals surface area contributed by atoms with Gasteiger partial charge in [0.15, 0.2) is 11.5 Å². The number of carbonyl (C=O) groups excluding carboxylic acids is 2. The Bertz CT molecular complexity index is 669. The second kappa shape index (κ2) is 8.94. The topological polar surface area (TPSA) is 55.8 Å². The summed E-state index contributed by atoms with van der Waals surface area (Å²) in [5, 5.41) is -0.208. The lowest BCUT2D eigenvalue weighted by molar-refractivity contribution is -0.122. The number of hydrogen-bond acceptors (Lipinski definition) is 5. The number of imide groups is 1. The van der Waals surface area contributed by atoms with E-state index in [-0.39, 0.29) is 11.1 Å². The molecule has 1 heterocycles. The molecule has 0 bridgehead atoms. The molecule has 1 aromatic rings. The third-order valence-electron chi connectivity index (χ3n) is 3.46. The van der Waals surface area contributed by atoms with E-state index in [0.29, 0.717) is 42.1 Å². The van der Waals surface area contributed by atoms with Gasteiger partial charge in [0, 0.05) is 6.54 Å². The van der Waals surface area contributed by atoms with Crippen LogP contribution in [0.25, 0.3) is 6.08 Å². The predicted molar refractivity (Wildman–Crippen MR) is 101 cm³/mol. The third-order valence-corrected chi connectivity index (χ3v) is 4.37. The van der Waals surface area contributed by atoms with Gasteiger partial charge in [-0.2, -0.15) is 0 Å². The lowest BCUT2D eigenvalue weighted by atomic mass is 10.1. The second-order valence-electron chi connectivity index (χ2n) is 6.18. The van der Waals surface area contributed by atoms with Crippen molar-refractivity contribution in [3.05, 3.63) is 28.7 Å². The van der Waals surface area contributed by atoms with Gasteiger partial charge in [-0.3, -0.25) is 14.5 Å². The molecule has 0 radical (unpaired) electrons. The Morgan fingerprint density at radius 3 is 2.56 bits per heavy atom. The molecule has 2 rings (SSSR count). The second-order valence-corrected chi connectivity index (χ2v) is 7.17. The summed E-state index contributed by atoms with van der Waals surface area (Å²) >= 11 is 0.981. The normalized spacial score (nSPS) is 16.2. The first-order valence-corrected chi connectivity index (χ1v) is 9.42. The fourth-order valence-electron chi connectivity index (χ4n) is 2.33. The summed E-state index contributed by atoms with van der Waals surface area (Å²) in [7, 11) is 0. The first kappa shape index (κ1) is 19.4. The van der Waals surface area contributed by atoms with E-state index in [0.717, 1.165) is 23.7 Å². The Balaban J connectivity index is 2.23. The maximum absolute atomic E-state index is 12.3. The maximum Gasteiger partial charge on any atom is 0.293 e. The molecule has 1 saturated heterocycles. The Hall–Kier alpha value is -1.95. The van der Waals surface area contributed by atoms with Crippen LogP contribution >= 0.6 is 11.8 Å². The quantitative estimate of drug-likeness (QED) is 0.634. The van der Waals surface area contributed by atoms with Crippen LogP contribution < -0.4 is 9.47 Å². The van der Waals surface area contributed by atoms with Crippen molar-refractivity contribution >= 4 is 29.0 Å². The average Bonchev–Trinajstić information content (AvgIpc) is 2.82. The van der Waals surface area contributed by atoms with Crippen LogP contribution in [0.4, 0.5) is 4.79 Å². The molecule has 0 spiro atoms. The summed E-state index contributed by atoms with van der Waals surface area (Å²) in [6.45, 7) is 9.60. The van der Waals surface area contributed by atoms with Gasteiger partial charge in [-0.15, -0.1) is 0 Å². The van der Waals surface area contributed by atoms with E-state index in [9.17, 15) is 9.59 Å². The van der Waals surface area contributed by atoms with E-state index in [2.05, 4.69) is 13.8 Å². The number of hydrogen-bond donors (Lipinski definition) is 0. The van der Waals surface area contributed by atoms with Crippen molar-refractivity contribution in [2.45, 2.75) is 34.1 Å². The van der Waals surface area contributed by atoms with Crippen molar-refractivity contribution in [1.82, 2.24) is 4.90 Å². The van der Waals surface area contributed by atoms with Gasteiger partial charge in [0.2, 0.25) is 0 Å². The Morgan fingerprint density at radius 2 is 1.92 bits per heavy atom. The van der Waals surface area contributed by atoms with E-state index in [1.54, 1.807) is 6.08 Å². The minimum Gasteiger partial charge on any atom is -0.490 e. The average molecular weight is 363 g/mol. The van der Waals surface area contributed by atoms with Crippen LogP contribution in [0.1, 0.15) is 39.7 Å². The first-order chi connectivity index (χ1) is 12.0. The number of thioether (sulfide) groups is 1. The van der Waals surface area contributed by atoms with Crippen molar-refractivity contribution in [1.29, 1.82) is 0 Å². The molecule has 0 N–H and O–H groups in total. The molecule has 25 heavy (non-hydrogen) atoms. The predicted octanol–water partition coefficient (Wildman–Crippen LogP) is 4.57. The number of amides is 2. The van der Waals surface area contributed by atoms with Gasteiger partial charge in [0.05, 0.1) is 18.1 Å². The number of nitrogens with zero attached hydrogens (tertiary/aromatic N) is 1. The van der Waals surface area contributed by atoms with Crippen molar-refractivity contribution in [2.75, 3.05) is 19.8 Å². The van der Waals surface area contributed by atoms with Crippen LogP contribution in [0.2, 0.25) is 0 Å². The zero-order chi connectivity index (χ0) is 18.4. The fraction of sp³-hybridized carbons (Fsp3) is 0.474. The van der Waals surface area contributed by atoms with Crippen molar-refractivity contribution in [2.24, 2.45) is 5.92 Å². The van der Waals surface area contributed by atoms with Crippen LogP contribution in [0.15, 0.2) is 23.1 Å². The van der Waals surface area contributed by atoms with Gasteiger partial charge in [-0.05, 0) is 54.8 Å². The molecule has 1 fully saturated rings. The molecule has 1 aromatic carbocycles. The molecule has 0 aromatic heterocycles. The lowest BCUT2D eigenvalue weighted by Crippen LogP contribution is -2.28. The van der Waals surface area contributed by atoms with Crippen molar-refractivity contribution in [3.8, 4) is 11.5 Å². The zero-order valence-corrected chi connectivity index (χ0v) is 16.0. The van der Waals surface area contributed by atoms with Gasteiger partial charge in [0.1, 0.15) is 0 Å². The van der Waals surface area contributed by atoms with Gasteiger partial charge >= 0.3 is 0 Å². The van der Waals surface area contributed by atoms with Crippen LogP contribution in [-0.4, -0.2) is 35.8 Å². The van der Waals surface area contributed by atoms with Gasteiger partial charge in [0.25, 0.3) is 11.1 Å². The maximum atomic E-state index is 12.3. The Labute approximate surface area is 153 Å². The highest BCUT2D eigenvalue weighted by Gasteiger charge is 2.34. The third kappa shape index (κ3) is 5.01. The molecule has 1 aliphatic rings. The number of ether oxygens (including phenoxy) is 2. The summed E-state index contributed by atoms with van der Waals surface area (Å²) in [5.41, 5.74) is 0.808. The monoisotopic (exact) mass is 363 g/mol. The standard InChI is InChI=1S/C19H25NO4S/c1-5-9-20-18(21)17(25-19(20)22)11-14-7-8-15(24-12-13(3)4)16(10-14)23-6-2/h7-8,10-11,13H,5-6,9,12H2,1-4H3/b17-11-. The van der Waals surface area contributed by atoms with Crippen molar-refractivity contribution < 1.29 is 19.1 Å². The largest absolute Gasteiger partial charge is 0.490 e. The Morgan fingerprint density at radius 1 is 1.16 bits per heavy atom. The fourth-order valence-corrected chi connectivity index (χ4v) is 3.19. The van der Waals surface area contributed by atoms with Crippen molar-refractivity contribution in [3.63, 3.8) is 0 Å². The van der Waals surface area contributed by atoms with E-state index >= 15 is 0 Å². The smallest absolute Gasteiger partial charge is 0.293 e. The van der Waals surface area contributed by atoms with Crippen LogP contribution in [-0.2, 0) is 4.79 Å². The lowest BCUT2D eigenvalue weighted by Gasteiger charge is -2.14. The van der Waals surface area contributed by atoms with E-state index in [1.165, 1.54) is 4.90 Å². The molecular weight excluding hydrogens is 338 g/mol. The number of carbonyl (C=O) groups is 2. The summed E-state index contributed by atoms with van der Waals surface area (Å²) < 4.78 is 11.4. The molecule has 5 nitrogen and oxygen atoms in total. The van der Waals surface area contributed by atoms with E-state index < -0.39 is 0 Å². The molecule has 0 atom stereocenters. The highest BCUT2D eigenvalue weighted by Crippen LogP contribution is 2.34. The minimum absolute atomic E-state index is 0.208. The highest BCUT2D eigenvalue weighted by atomic mass is 32.2. The summed E-state index contributed by atoms with van der Waals surface area (Å²) in [6, 6.07) is 5.55. The zero-order valence-electron chi connectivity index (χ0n) is 15.2. The summed E-state index contributed by atoms with van der Waals surface area (Å²) in [5.74, 6) is 1.52. The SMILES string of the molecule is CCCN1C(=O)S/C(=C\c2ccc(OCC(C)C)c(OCC)c2)C1=O. The molecule has 0 aliphatic carbocycles. The van der Waals surface area contributed by atoms with Crippen LogP contribution in [0, 0.1) is 5.92 Å². The molecule has 0 unspecified atom stereocenters. The minimum atomic E-state index is -0.227. The molecule has 6 heteroatoms. The number of benzene rings is 1. The van der Waals surface area contributed by atoms with Gasteiger partial charge < -0.3 is 9.47 Å². The van der Waals surface area contributed by atoms with Crippen LogP contribution in [0.5, 0.6) is 11.5 Å².